The standard InChI is InChI=1S/C20H14ClF4N3O2/c21-16-11(9-26)12(22)8-15-18(16)28-7-3-5-13(27-19(29)20(23,24)25)17(28)10-4-1-2-6-14(10)30-15/h1-2,4,6,8,13,17H,3,5,7H2,(H,27,29). The maximum Gasteiger partial charge on any atom is 0.471 e. The second kappa shape index (κ2) is 7.36. The molecule has 1 saturated heterocycles. The molecule has 10 heteroatoms. The van der Waals surface area contributed by atoms with Gasteiger partial charge in [0.05, 0.1) is 17.1 Å². The van der Waals surface area contributed by atoms with Gasteiger partial charge in [0.2, 0.25) is 0 Å². The Morgan fingerprint density at radius 1 is 1.30 bits per heavy atom. The van der Waals surface area contributed by atoms with Crippen LogP contribution >= 0.6 is 11.6 Å². The predicted octanol–water partition coefficient (Wildman–Crippen LogP) is 4.85. The first-order chi connectivity index (χ1) is 14.2. The number of piperidine rings is 1. The number of benzene rings is 2. The number of carbonyl (C=O) groups excluding carboxylic acids is 1. The highest BCUT2D eigenvalue weighted by Gasteiger charge is 2.45. The molecule has 1 N–H and O–H groups in total. The van der Waals surface area contributed by atoms with Gasteiger partial charge in [-0.2, -0.15) is 18.4 Å². The lowest BCUT2D eigenvalue weighted by atomic mass is 9.89. The summed E-state index contributed by atoms with van der Waals surface area (Å²) in [6.45, 7) is 0.365. The van der Waals surface area contributed by atoms with E-state index in [-0.39, 0.29) is 28.4 Å². The quantitative estimate of drug-likeness (QED) is 0.645. The van der Waals surface area contributed by atoms with E-state index >= 15 is 0 Å². The maximum atomic E-state index is 14.4. The van der Waals surface area contributed by atoms with Gasteiger partial charge in [-0.3, -0.25) is 4.79 Å². The number of hydrogen-bond donors (Lipinski definition) is 1. The molecular formula is C20H14ClF4N3O2. The topological polar surface area (TPSA) is 65.4 Å². The van der Waals surface area contributed by atoms with E-state index in [2.05, 4.69) is 5.32 Å². The van der Waals surface area contributed by atoms with Crippen LogP contribution in [0.15, 0.2) is 30.3 Å². The summed E-state index contributed by atoms with van der Waals surface area (Å²) in [5, 5.41) is 11.2. The highest BCUT2D eigenvalue weighted by Crippen LogP contribution is 2.51. The van der Waals surface area contributed by atoms with Crippen molar-refractivity contribution in [2.75, 3.05) is 11.4 Å². The highest BCUT2D eigenvalue weighted by molar-refractivity contribution is 6.35. The maximum absolute atomic E-state index is 14.4. The van der Waals surface area contributed by atoms with Crippen LogP contribution in [0.2, 0.25) is 5.02 Å². The molecule has 0 aromatic heterocycles. The second-order valence-electron chi connectivity index (χ2n) is 7.00. The average molecular weight is 440 g/mol. The number of anilines is 1. The van der Waals surface area contributed by atoms with Crippen molar-refractivity contribution in [2.24, 2.45) is 0 Å². The summed E-state index contributed by atoms with van der Waals surface area (Å²) in [6.07, 6.45) is -4.30. The zero-order chi connectivity index (χ0) is 21.6. The summed E-state index contributed by atoms with van der Waals surface area (Å²) in [7, 11) is 0. The van der Waals surface area contributed by atoms with Crippen LogP contribution in [0.4, 0.5) is 23.2 Å². The lowest BCUT2D eigenvalue weighted by Gasteiger charge is -2.42. The fourth-order valence-electron chi connectivity index (χ4n) is 4.00. The average Bonchev–Trinajstić information content (AvgIpc) is 2.82. The molecule has 0 bridgehead atoms. The molecule has 2 unspecified atom stereocenters. The molecular weight excluding hydrogens is 426 g/mol. The summed E-state index contributed by atoms with van der Waals surface area (Å²) in [4.78, 5) is 13.3. The van der Waals surface area contributed by atoms with E-state index in [9.17, 15) is 27.6 Å². The number of carbonyl (C=O) groups is 1. The third-order valence-corrected chi connectivity index (χ3v) is 5.59. The number of ether oxygens (including phenoxy) is 1. The van der Waals surface area contributed by atoms with Gasteiger partial charge in [0, 0.05) is 18.2 Å². The van der Waals surface area contributed by atoms with Gasteiger partial charge in [0.1, 0.15) is 28.9 Å². The third-order valence-electron chi connectivity index (χ3n) is 5.22. The molecule has 4 rings (SSSR count). The van der Waals surface area contributed by atoms with Gasteiger partial charge >= 0.3 is 12.1 Å². The number of nitrogens with one attached hydrogen (secondary N) is 1. The van der Waals surface area contributed by atoms with Crippen molar-refractivity contribution in [1.29, 1.82) is 5.26 Å². The van der Waals surface area contributed by atoms with Crippen molar-refractivity contribution in [3.8, 4) is 17.6 Å². The minimum absolute atomic E-state index is 0.0502. The minimum Gasteiger partial charge on any atom is -0.455 e. The monoisotopic (exact) mass is 439 g/mol. The molecule has 0 saturated carbocycles. The third kappa shape index (κ3) is 3.31. The molecule has 0 spiro atoms. The Kier molecular flexibility index (Phi) is 4.98. The number of halogens is 5. The van der Waals surface area contributed by atoms with E-state index in [4.69, 9.17) is 16.3 Å². The number of hydrogen-bond acceptors (Lipinski definition) is 4. The fourth-order valence-corrected chi connectivity index (χ4v) is 4.34. The molecule has 1 amide bonds. The van der Waals surface area contributed by atoms with Crippen molar-refractivity contribution < 1.29 is 27.1 Å². The van der Waals surface area contributed by atoms with Gasteiger partial charge in [-0.05, 0) is 18.9 Å². The molecule has 2 heterocycles. The van der Waals surface area contributed by atoms with Gasteiger partial charge in [0.15, 0.2) is 5.75 Å². The van der Waals surface area contributed by atoms with Gasteiger partial charge in [-0.1, -0.05) is 29.8 Å². The number of nitriles is 1. The number of para-hydroxylation sites is 1. The Morgan fingerprint density at radius 3 is 2.73 bits per heavy atom. The van der Waals surface area contributed by atoms with Crippen molar-refractivity contribution in [1.82, 2.24) is 5.32 Å². The SMILES string of the molecule is N#Cc1c(F)cc2c(c1Cl)N1CCCC(NC(=O)C(F)(F)F)C1c1ccccc1O2. The Bertz CT molecular complexity index is 1070. The first-order valence-electron chi connectivity index (χ1n) is 9.05. The van der Waals surface area contributed by atoms with E-state index < -0.39 is 30.0 Å². The molecule has 156 valence electrons. The van der Waals surface area contributed by atoms with Crippen molar-refractivity contribution in [3.05, 3.63) is 52.3 Å². The zero-order valence-corrected chi connectivity index (χ0v) is 16.0. The van der Waals surface area contributed by atoms with Crippen LogP contribution in [0.25, 0.3) is 0 Å². The van der Waals surface area contributed by atoms with E-state index in [1.54, 1.807) is 35.2 Å². The first-order valence-corrected chi connectivity index (χ1v) is 9.43. The molecule has 2 aliphatic rings. The summed E-state index contributed by atoms with van der Waals surface area (Å²) < 4.78 is 58.9. The smallest absolute Gasteiger partial charge is 0.455 e. The molecule has 5 nitrogen and oxygen atoms in total. The minimum atomic E-state index is -5.03. The number of nitrogens with zero attached hydrogens (tertiary/aromatic N) is 2. The molecule has 2 aromatic carbocycles. The largest absolute Gasteiger partial charge is 0.471 e. The number of amides is 1. The number of fused-ring (bicyclic) bond motifs is 5. The van der Waals surface area contributed by atoms with Crippen LogP contribution in [0.3, 0.4) is 0 Å². The normalized spacial score (nSPS) is 20.1. The second-order valence-corrected chi connectivity index (χ2v) is 7.38. The zero-order valence-electron chi connectivity index (χ0n) is 15.3. The lowest BCUT2D eigenvalue weighted by Crippen LogP contribution is -2.52. The van der Waals surface area contributed by atoms with Crippen molar-refractivity contribution in [3.63, 3.8) is 0 Å². The molecule has 2 aromatic rings. The van der Waals surface area contributed by atoms with E-state index in [0.29, 0.717) is 24.3 Å². The molecule has 2 atom stereocenters. The Morgan fingerprint density at radius 2 is 2.03 bits per heavy atom. The van der Waals surface area contributed by atoms with E-state index in [1.165, 1.54) is 0 Å². The van der Waals surface area contributed by atoms with Gasteiger partial charge < -0.3 is 15.0 Å². The molecule has 1 fully saturated rings. The summed E-state index contributed by atoms with van der Waals surface area (Å²) in [5.74, 6) is -2.55. The summed E-state index contributed by atoms with van der Waals surface area (Å²) >= 11 is 6.34. The van der Waals surface area contributed by atoms with E-state index in [1.807, 2.05) is 0 Å². The number of alkyl halides is 3. The van der Waals surface area contributed by atoms with Gasteiger partial charge in [-0.15, -0.1) is 0 Å². The van der Waals surface area contributed by atoms with Crippen LogP contribution in [0, 0.1) is 17.1 Å². The summed E-state index contributed by atoms with van der Waals surface area (Å²) in [5.41, 5.74) is 0.350. The first kappa shape index (κ1) is 20.3. The number of rotatable bonds is 1. The van der Waals surface area contributed by atoms with Gasteiger partial charge in [0.25, 0.3) is 0 Å². The van der Waals surface area contributed by atoms with Crippen molar-refractivity contribution >= 4 is 23.2 Å². The van der Waals surface area contributed by atoms with Crippen LogP contribution in [0.5, 0.6) is 11.5 Å². The van der Waals surface area contributed by atoms with Gasteiger partial charge in [-0.25, -0.2) is 4.39 Å². The molecule has 0 radical (unpaired) electrons. The Labute approximate surface area is 173 Å². The van der Waals surface area contributed by atoms with Crippen LogP contribution in [0.1, 0.15) is 30.0 Å². The molecule has 30 heavy (non-hydrogen) atoms. The predicted molar refractivity (Wildman–Crippen MR) is 99.9 cm³/mol. The lowest BCUT2D eigenvalue weighted by molar-refractivity contribution is -0.174. The molecule has 0 aliphatic carbocycles. The van der Waals surface area contributed by atoms with Crippen molar-refractivity contribution in [2.45, 2.75) is 31.1 Å². The van der Waals surface area contributed by atoms with Crippen LogP contribution in [-0.4, -0.2) is 24.7 Å². The van der Waals surface area contributed by atoms with Crippen LogP contribution in [-0.2, 0) is 4.79 Å². The summed E-state index contributed by atoms with van der Waals surface area (Å²) in [6, 6.07) is 7.72. The molecule has 2 aliphatic heterocycles. The fraction of sp³-hybridized carbons (Fsp3) is 0.300. The Balaban J connectivity index is 1.89. The van der Waals surface area contributed by atoms with Crippen LogP contribution < -0.4 is 15.0 Å². The van der Waals surface area contributed by atoms with E-state index in [0.717, 1.165) is 6.07 Å². The highest BCUT2D eigenvalue weighted by atomic mass is 35.5. The Hall–Kier alpha value is -2.99.